The average molecular weight is 295 g/mol. The highest BCUT2D eigenvalue weighted by Crippen LogP contribution is 2.18. The molecule has 1 heterocycles. The molecule has 1 aromatic heterocycles. The van der Waals surface area contributed by atoms with Gasteiger partial charge in [-0.05, 0) is 28.0 Å². The number of hydrogen-bond acceptors (Lipinski definition) is 4. The molecule has 0 aliphatic heterocycles. The fraction of sp³-hybridized carbons (Fsp3) is 0.385. The zero-order valence-corrected chi connectivity index (χ0v) is 11.8. The van der Waals surface area contributed by atoms with E-state index in [9.17, 15) is 4.79 Å². The Bertz CT molecular complexity index is 600. The van der Waals surface area contributed by atoms with Gasteiger partial charge in [-0.25, -0.2) is 4.68 Å². The Morgan fingerprint density at radius 3 is 2.90 bits per heavy atom. The van der Waals surface area contributed by atoms with Crippen molar-refractivity contribution in [2.45, 2.75) is 26.3 Å². The van der Waals surface area contributed by atoms with Crippen LogP contribution in [0.5, 0.6) is 0 Å². The lowest BCUT2D eigenvalue weighted by Gasteiger charge is -2.10. The van der Waals surface area contributed by atoms with E-state index in [1.807, 2.05) is 31.2 Å². The lowest BCUT2D eigenvalue weighted by Crippen LogP contribution is -2.15. The number of benzene rings is 1. The maximum Gasteiger partial charge on any atom is 0.303 e. The first-order valence-corrected chi connectivity index (χ1v) is 6.64. The molecule has 0 aliphatic rings. The first kappa shape index (κ1) is 14.5. The van der Waals surface area contributed by atoms with Crippen molar-refractivity contribution in [2.75, 3.05) is 0 Å². The van der Waals surface area contributed by atoms with Gasteiger partial charge in [0.05, 0.1) is 0 Å². The summed E-state index contributed by atoms with van der Waals surface area (Å²) in [5.41, 5.74) is 0.941. The minimum Gasteiger partial charge on any atom is -0.481 e. The van der Waals surface area contributed by atoms with Crippen molar-refractivity contribution < 1.29 is 9.90 Å². The largest absolute Gasteiger partial charge is 0.481 e. The van der Waals surface area contributed by atoms with Crippen LogP contribution in [-0.2, 0) is 17.8 Å². The molecule has 0 aliphatic carbocycles. The number of nitrogens with zero attached hydrogens (tertiary/aromatic N) is 4. The van der Waals surface area contributed by atoms with Crippen molar-refractivity contribution in [3.05, 3.63) is 40.7 Å². The van der Waals surface area contributed by atoms with Crippen molar-refractivity contribution in [3.63, 3.8) is 0 Å². The van der Waals surface area contributed by atoms with Gasteiger partial charge in [-0.2, -0.15) is 0 Å². The molecular weight excluding hydrogens is 280 g/mol. The molecule has 0 spiro atoms. The van der Waals surface area contributed by atoms with Gasteiger partial charge in [0.2, 0.25) is 0 Å². The monoisotopic (exact) mass is 294 g/mol. The number of carboxylic acid groups (broad SMARTS) is 1. The predicted octanol–water partition coefficient (Wildman–Crippen LogP) is 2.03. The van der Waals surface area contributed by atoms with Gasteiger partial charge in [-0.15, -0.1) is 5.10 Å². The fourth-order valence-corrected chi connectivity index (χ4v) is 2.16. The lowest BCUT2D eigenvalue weighted by molar-refractivity contribution is -0.138. The molecule has 0 radical (unpaired) electrons. The smallest absolute Gasteiger partial charge is 0.303 e. The molecule has 2 aromatic rings. The first-order valence-electron chi connectivity index (χ1n) is 6.26. The zero-order chi connectivity index (χ0) is 14.5. The summed E-state index contributed by atoms with van der Waals surface area (Å²) in [6.07, 6.45) is 0.609. The maximum absolute atomic E-state index is 10.7. The van der Waals surface area contributed by atoms with Gasteiger partial charge in [-0.1, -0.05) is 36.7 Å². The van der Waals surface area contributed by atoms with Gasteiger partial charge in [-0.3, -0.25) is 4.79 Å². The van der Waals surface area contributed by atoms with E-state index in [2.05, 4.69) is 15.5 Å². The van der Waals surface area contributed by atoms with Gasteiger partial charge in [0, 0.05) is 24.4 Å². The summed E-state index contributed by atoms with van der Waals surface area (Å²) < 4.78 is 1.64. The molecule has 0 bridgehead atoms. The van der Waals surface area contributed by atoms with Crippen molar-refractivity contribution in [3.8, 4) is 0 Å². The van der Waals surface area contributed by atoms with Crippen molar-refractivity contribution in [1.29, 1.82) is 0 Å². The fourth-order valence-electron chi connectivity index (χ4n) is 1.96. The van der Waals surface area contributed by atoms with Crippen LogP contribution in [-0.4, -0.2) is 31.3 Å². The lowest BCUT2D eigenvalue weighted by atomic mass is 10.1. The van der Waals surface area contributed by atoms with E-state index >= 15 is 0 Å². The van der Waals surface area contributed by atoms with Crippen LogP contribution in [0, 0.1) is 5.92 Å². The summed E-state index contributed by atoms with van der Waals surface area (Å²) in [6.45, 7) is 2.33. The normalized spacial score (nSPS) is 12.3. The maximum atomic E-state index is 10.7. The van der Waals surface area contributed by atoms with Crippen LogP contribution < -0.4 is 0 Å². The molecule has 1 atom stereocenters. The topological polar surface area (TPSA) is 80.9 Å². The molecule has 0 saturated carbocycles. The van der Waals surface area contributed by atoms with Crippen LogP contribution >= 0.6 is 11.6 Å². The Hall–Kier alpha value is -1.95. The molecule has 0 saturated heterocycles. The number of aromatic nitrogens is 4. The highest BCUT2D eigenvalue weighted by atomic mass is 35.5. The quantitative estimate of drug-likeness (QED) is 0.881. The van der Waals surface area contributed by atoms with Crippen LogP contribution in [0.15, 0.2) is 24.3 Å². The Morgan fingerprint density at radius 1 is 1.45 bits per heavy atom. The van der Waals surface area contributed by atoms with Crippen LogP contribution in [0.3, 0.4) is 0 Å². The third-order valence-electron chi connectivity index (χ3n) is 2.92. The van der Waals surface area contributed by atoms with Gasteiger partial charge in [0.1, 0.15) is 0 Å². The summed E-state index contributed by atoms with van der Waals surface area (Å²) in [7, 11) is 0. The number of carboxylic acids is 1. The number of tetrazole rings is 1. The minimum absolute atomic E-state index is 0.0407. The average Bonchev–Trinajstić information content (AvgIpc) is 2.78. The summed E-state index contributed by atoms with van der Waals surface area (Å²) >= 11 is 6.11. The molecule has 1 N–H and O–H groups in total. The van der Waals surface area contributed by atoms with E-state index in [1.54, 1.807) is 4.68 Å². The van der Waals surface area contributed by atoms with Crippen molar-refractivity contribution >= 4 is 17.6 Å². The molecule has 1 unspecified atom stereocenters. The van der Waals surface area contributed by atoms with E-state index in [1.165, 1.54) is 0 Å². The number of carbonyl (C=O) groups is 1. The Balaban J connectivity index is 2.09. The molecule has 7 heteroatoms. The van der Waals surface area contributed by atoms with E-state index in [0.717, 1.165) is 5.56 Å². The van der Waals surface area contributed by atoms with Gasteiger partial charge in [0.15, 0.2) is 5.82 Å². The predicted molar refractivity (Wildman–Crippen MR) is 73.5 cm³/mol. The third-order valence-corrected chi connectivity index (χ3v) is 3.29. The van der Waals surface area contributed by atoms with Gasteiger partial charge in [0.25, 0.3) is 0 Å². The third kappa shape index (κ3) is 3.77. The molecule has 1 aromatic carbocycles. The van der Waals surface area contributed by atoms with Crippen LogP contribution in [0.2, 0.25) is 5.02 Å². The molecule has 6 nitrogen and oxygen atoms in total. The standard InChI is InChI=1S/C13H15ClN4O2/c1-9(6-13(19)20)8-18-12(15-16-17-18)7-10-4-2-3-5-11(10)14/h2-5,9H,6-8H2,1H3,(H,19,20). The summed E-state index contributed by atoms with van der Waals surface area (Å²) in [5.74, 6) is -0.186. The second-order valence-corrected chi connectivity index (χ2v) is 5.16. The van der Waals surface area contributed by atoms with Crippen molar-refractivity contribution in [2.24, 2.45) is 5.92 Å². The van der Waals surface area contributed by atoms with E-state index < -0.39 is 5.97 Å². The molecule has 106 valence electrons. The molecule has 20 heavy (non-hydrogen) atoms. The SMILES string of the molecule is CC(CC(=O)O)Cn1nnnc1Cc1ccccc1Cl. The van der Waals surface area contributed by atoms with Crippen LogP contribution in [0.4, 0.5) is 0 Å². The Morgan fingerprint density at radius 2 is 2.20 bits per heavy atom. The second kappa shape index (κ2) is 6.47. The number of halogens is 1. The zero-order valence-electron chi connectivity index (χ0n) is 11.0. The summed E-state index contributed by atoms with van der Waals surface area (Å²) in [4.78, 5) is 10.7. The highest BCUT2D eigenvalue weighted by molar-refractivity contribution is 6.31. The summed E-state index contributed by atoms with van der Waals surface area (Å²) in [6, 6.07) is 7.51. The molecule has 0 amide bonds. The van der Waals surface area contributed by atoms with E-state index in [-0.39, 0.29) is 12.3 Å². The molecule has 0 fully saturated rings. The number of hydrogen-bond donors (Lipinski definition) is 1. The van der Waals surface area contributed by atoms with Crippen LogP contribution in [0.1, 0.15) is 24.7 Å². The second-order valence-electron chi connectivity index (χ2n) is 4.75. The molecular formula is C13H15ClN4O2. The number of rotatable bonds is 6. The molecule has 2 rings (SSSR count). The Kier molecular flexibility index (Phi) is 4.68. The first-order chi connectivity index (χ1) is 9.56. The Labute approximate surface area is 121 Å². The van der Waals surface area contributed by atoms with Crippen molar-refractivity contribution in [1.82, 2.24) is 20.2 Å². The highest BCUT2D eigenvalue weighted by Gasteiger charge is 2.14. The van der Waals surface area contributed by atoms with E-state index in [4.69, 9.17) is 16.7 Å². The minimum atomic E-state index is -0.821. The van der Waals surface area contributed by atoms with Crippen LogP contribution in [0.25, 0.3) is 0 Å². The number of aliphatic carboxylic acids is 1. The van der Waals surface area contributed by atoms with E-state index in [0.29, 0.717) is 23.8 Å². The summed E-state index contributed by atoms with van der Waals surface area (Å²) in [5, 5.41) is 21.0. The van der Waals surface area contributed by atoms with Gasteiger partial charge < -0.3 is 5.11 Å². The van der Waals surface area contributed by atoms with Gasteiger partial charge >= 0.3 is 5.97 Å².